The van der Waals surface area contributed by atoms with Crippen molar-refractivity contribution >= 4 is 33.1 Å². The minimum Gasteiger partial charge on any atom is -0.300 e. The van der Waals surface area contributed by atoms with Crippen LogP contribution in [0.1, 0.15) is 44.8 Å². The topological polar surface area (TPSA) is 50.0 Å². The number of aliphatic imine (C=N–C) groups is 1. The normalized spacial score (nSPS) is 23.0. The Morgan fingerprint density at radius 3 is 2.85 bits per heavy atom. The van der Waals surface area contributed by atoms with E-state index >= 15 is 0 Å². The smallest absolute Gasteiger partial charge is 0.137 e. The fourth-order valence-electron chi connectivity index (χ4n) is 3.78. The minimum absolute atomic E-state index is 0.0118. The number of allylic oxidation sites excluding steroid dienone is 1. The lowest BCUT2D eigenvalue weighted by atomic mass is 9.88. The molecule has 0 aromatic carbocycles. The van der Waals surface area contributed by atoms with Gasteiger partial charge in [0, 0.05) is 26.1 Å². The number of carbonyl (C=O) groups is 1. The summed E-state index contributed by atoms with van der Waals surface area (Å²) in [5.74, 6) is 0.264. The van der Waals surface area contributed by atoms with Crippen LogP contribution in [0, 0.1) is 0 Å². The van der Waals surface area contributed by atoms with Gasteiger partial charge in [-0.3, -0.25) is 19.1 Å². The summed E-state index contributed by atoms with van der Waals surface area (Å²) >= 11 is 3.56. The van der Waals surface area contributed by atoms with Crippen molar-refractivity contribution in [3.05, 3.63) is 46.3 Å². The first-order valence-electron chi connectivity index (χ1n) is 8.97. The molecule has 138 valence electrons. The summed E-state index contributed by atoms with van der Waals surface area (Å²) in [6, 6.07) is 5.87. The summed E-state index contributed by atoms with van der Waals surface area (Å²) in [4.78, 5) is 24.1. The molecule has 1 saturated heterocycles. The lowest BCUT2D eigenvalue weighted by Crippen LogP contribution is -2.47. The van der Waals surface area contributed by atoms with Crippen LogP contribution in [0.5, 0.6) is 0 Å². The summed E-state index contributed by atoms with van der Waals surface area (Å²) in [6.07, 6.45) is 6.15. The van der Waals surface area contributed by atoms with Crippen LogP contribution in [0.2, 0.25) is 0 Å². The van der Waals surface area contributed by atoms with Crippen molar-refractivity contribution in [2.75, 3.05) is 14.1 Å². The van der Waals surface area contributed by atoms with Crippen LogP contribution >= 0.6 is 15.9 Å². The average molecular weight is 417 g/mol. The third-order valence-electron chi connectivity index (χ3n) is 5.10. The van der Waals surface area contributed by atoms with Gasteiger partial charge in [-0.05, 0) is 54.0 Å². The molecule has 1 aliphatic heterocycles. The number of pyridine rings is 1. The van der Waals surface area contributed by atoms with Crippen molar-refractivity contribution in [1.29, 1.82) is 0 Å². The molecule has 0 amide bonds. The van der Waals surface area contributed by atoms with E-state index in [2.05, 4.69) is 52.8 Å². The summed E-state index contributed by atoms with van der Waals surface area (Å²) in [5, 5.41) is 0. The number of hydrogen-bond donors (Lipinski definition) is 0. The van der Waals surface area contributed by atoms with E-state index in [1.165, 1.54) is 0 Å². The number of carbonyl (C=O) groups excluding carboxylic acids is 1. The van der Waals surface area contributed by atoms with Crippen molar-refractivity contribution in [2.45, 2.75) is 45.2 Å². The van der Waals surface area contributed by atoms with Gasteiger partial charge in [-0.25, -0.2) is 4.98 Å². The highest BCUT2D eigenvalue weighted by atomic mass is 79.9. The number of ketones is 1. The Morgan fingerprint density at radius 2 is 2.19 bits per heavy atom. The number of halogens is 1. The Balaban J connectivity index is 1.98. The zero-order chi connectivity index (χ0) is 18.8. The molecule has 3 heterocycles. The molecule has 26 heavy (non-hydrogen) atoms. The lowest BCUT2D eigenvalue weighted by Gasteiger charge is -2.38. The quantitative estimate of drug-likeness (QED) is 0.553. The molecule has 2 atom stereocenters. The van der Waals surface area contributed by atoms with Gasteiger partial charge in [-0.15, -0.1) is 0 Å². The van der Waals surface area contributed by atoms with E-state index in [4.69, 9.17) is 4.98 Å². The van der Waals surface area contributed by atoms with Gasteiger partial charge in [-0.1, -0.05) is 19.1 Å². The Bertz CT molecular complexity index is 883. The second kappa shape index (κ2) is 7.84. The van der Waals surface area contributed by atoms with Gasteiger partial charge < -0.3 is 0 Å². The maximum Gasteiger partial charge on any atom is 0.137 e. The van der Waals surface area contributed by atoms with Crippen molar-refractivity contribution in [3.63, 3.8) is 0 Å². The first-order chi connectivity index (χ1) is 12.5. The van der Waals surface area contributed by atoms with Crippen LogP contribution in [-0.2, 0) is 4.79 Å². The maximum absolute atomic E-state index is 12.5. The van der Waals surface area contributed by atoms with Crippen LogP contribution < -0.4 is 0 Å². The second-order valence-electron chi connectivity index (χ2n) is 6.79. The van der Waals surface area contributed by atoms with Gasteiger partial charge in [-0.2, -0.15) is 0 Å². The summed E-state index contributed by atoms with van der Waals surface area (Å²) < 4.78 is 2.96. The number of aromatic nitrogens is 2. The van der Waals surface area contributed by atoms with Crippen LogP contribution in [0.15, 0.2) is 45.6 Å². The van der Waals surface area contributed by atoms with Crippen molar-refractivity contribution in [3.8, 4) is 0 Å². The Morgan fingerprint density at radius 1 is 1.42 bits per heavy atom. The Hall–Kier alpha value is -1.79. The predicted molar refractivity (Wildman–Crippen MR) is 109 cm³/mol. The Kier molecular flexibility index (Phi) is 5.73. The standard InChI is InChI=1S/C20H25BrN4O/c1-5-7-13(2)20(22-3)17-11-14(26)10-16(24(17)4)15-12-25-18(21)8-6-9-19(25)23-15/h6-9,12,16-17H,5,10-11H2,1-4H3/b13-7-,22-20?. The molecule has 1 aliphatic rings. The molecule has 1 fully saturated rings. The first-order valence-corrected chi connectivity index (χ1v) is 9.76. The molecule has 5 nitrogen and oxygen atoms in total. The third-order valence-corrected chi connectivity index (χ3v) is 5.74. The molecular weight excluding hydrogens is 392 g/mol. The maximum atomic E-state index is 12.5. The summed E-state index contributed by atoms with van der Waals surface area (Å²) in [5.41, 5.74) is 3.95. The van der Waals surface area contributed by atoms with E-state index in [1.807, 2.05) is 35.8 Å². The van der Waals surface area contributed by atoms with Gasteiger partial charge in [0.15, 0.2) is 0 Å². The number of hydrogen-bond acceptors (Lipinski definition) is 4. The van der Waals surface area contributed by atoms with E-state index in [-0.39, 0.29) is 17.9 Å². The van der Waals surface area contributed by atoms with Gasteiger partial charge in [0.1, 0.15) is 11.4 Å². The highest BCUT2D eigenvalue weighted by Crippen LogP contribution is 2.33. The van der Waals surface area contributed by atoms with Crippen molar-refractivity contribution in [2.24, 2.45) is 4.99 Å². The molecule has 0 spiro atoms. The number of likely N-dealkylation sites (tertiary alicyclic amines) is 1. The summed E-state index contributed by atoms with van der Waals surface area (Å²) in [6.45, 7) is 4.19. The first kappa shape index (κ1) is 19.0. The zero-order valence-corrected chi connectivity index (χ0v) is 17.3. The summed E-state index contributed by atoms with van der Waals surface area (Å²) in [7, 11) is 3.89. The van der Waals surface area contributed by atoms with E-state index in [9.17, 15) is 4.79 Å². The molecule has 2 aromatic heterocycles. The molecule has 0 saturated carbocycles. The van der Waals surface area contributed by atoms with Gasteiger partial charge in [0.25, 0.3) is 0 Å². The third kappa shape index (κ3) is 3.53. The molecule has 2 unspecified atom stereocenters. The predicted octanol–water partition coefficient (Wildman–Crippen LogP) is 4.23. The van der Waals surface area contributed by atoms with Crippen molar-refractivity contribution < 1.29 is 4.79 Å². The highest BCUT2D eigenvalue weighted by molar-refractivity contribution is 9.10. The van der Waals surface area contributed by atoms with E-state index in [0.29, 0.717) is 12.8 Å². The largest absolute Gasteiger partial charge is 0.300 e. The van der Waals surface area contributed by atoms with Crippen LogP contribution in [0.25, 0.3) is 5.65 Å². The fraction of sp³-hybridized carbons (Fsp3) is 0.450. The lowest BCUT2D eigenvalue weighted by molar-refractivity contribution is -0.123. The van der Waals surface area contributed by atoms with E-state index in [1.54, 1.807) is 0 Å². The molecule has 0 radical (unpaired) electrons. The molecule has 6 heteroatoms. The molecule has 0 aliphatic carbocycles. The minimum atomic E-state index is -0.0424. The highest BCUT2D eigenvalue weighted by Gasteiger charge is 2.37. The van der Waals surface area contributed by atoms with Crippen molar-refractivity contribution in [1.82, 2.24) is 14.3 Å². The average Bonchev–Trinajstić information content (AvgIpc) is 3.04. The number of nitrogens with zero attached hydrogens (tertiary/aromatic N) is 4. The molecule has 0 N–H and O–H groups in total. The van der Waals surface area contributed by atoms with Crippen LogP contribution in [0.4, 0.5) is 0 Å². The fourth-order valence-corrected chi connectivity index (χ4v) is 4.21. The van der Waals surface area contributed by atoms with Crippen LogP contribution in [0.3, 0.4) is 0 Å². The van der Waals surface area contributed by atoms with Crippen LogP contribution in [-0.4, -0.2) is 45.9 Å². The van der Waals surface area contributed by atoms with E-state index in [0.717, 1.165) is 33.6 Å². The number of rotatable bonds is 4. The second-order valence-corrected chi connectivity index (χ2v) is 7.60. The van der Waals surface area contributed by atoms with Gasteiger partial charge >= 0.3 is 0 Å². The Labute approximate surface area is 163 Å². The number of Topliss-reactive ketones (excluding diaryl/α,β-unsaturated/α-hetero) is 1. The zero-order valence-electron chi connectivity index (χ0n) is 15.7. The molecule has 0 bridgehead atoms. The number of imidazole rings is 1. The SMILES string of the molecule is CC/C=C(/C)C(=NC)C1CC(=O)CC(c2cn3c(Br)cccc3n2)N1C. The molecule has 3 rings (SSSR count). The van der Waals surface area contributed by atoms with Gasteiger partial charge in [0.05, 0.1) is 28.1 Å². The monoisotopic (exact) mass is 416 g/mol. The number of fused-ring (bicyclic) bond motifs is 1. The molecular formula is C20H25BrN4O. The van der Waals surface area contributed by atoms with Gasteiger partial charge in [0.2, 0.25) is 0 Å². The number of piperidine rings is 1. The van der Waals surface area contributed by atoms with E-state index < -0.39 is 0 Å². The molecule has 2 aromatic rings.